The van der Waals surface area contributed by atoms with Gasteiger partial charge in [-0.25, -0.2) is 0 Å². The first-order valence-electron chi connectivity index (χ1n) is 4.84. The van der Waals surface area contributed by atoms with Crippen LogP contribution in [-0.4, -0.2) is 5.97 Å². The Hall–Kier alpha value is -1.82. The monoisotopic (exact) mass is 201 g/mol. The SMILES string of the molecule is CC1(c2ccccc2)CC(C#N)C(=O)O1. The van der Waals surface area contributed by atoms with Crippen molar-refractivity contribution in [3.05, 3.63) is 35.9 Å². The maximum Gasteiger partial charge on any atom is 0.324 e. The summed E-state index contributed by atoms with van der Waals surface area (Å²) in [6, 6.07) is 11.5. The average Bonchev–Trinajstić information content (AvgIpc) is 2.56. The lowest BCUT2D eigenvalue weighted by Crippen LogP contribution is -2.20. The summed E-state index contributed by atoms with van der Waals surface area (Å²) in [7, 11) is 0. The van der Waals surface area contributed by atoms with Gasteiger partial charge in [0.05, 0.1) is 6.07 Å². The number of carbonyl (C=O) groups is 1. The molecule has 2 rings (SSSR count). The van der Waals surface area contributed by atoms with Crippen LogP contribution in [0, 0.1) is 17.2 Å². The van der Waals surface area contributed by atoms with E-state index in [2.05, 4.69) is 0 Å². The highest BCUT2D eigenvalue weighted by atomic mass is 16.6. The van der Waals surface area contributed by atoms with Crippen LogP contribution in [0.1, 0.15) is 18.9 Å². The van der Waals surface area contributed by atoms with Gasteiger partial charge in [0.2, 0.25) is 0 Å². The number of benzene rings is 1. The van der Waals surface area contributed by atoms with E-state index in [0.29, 0.717) is 6.42 Å². The van der Waals surface area contributed by atoms with Crippen molar-refractivity contribution in [2.45, 2.75) is 18.9 Å². The number of hydrogen-bond donors (Lipinski definition) is 0. The van der Waals surface area contributed by atoms with E-state index in [1.165, 1.54) is 0 Å². The summed E-state index contributed by atoms with van der Waals surface area (Å²) in [6.07, 6.45) is 0.437. The van der Waals surface area contributed by atoms with Gasteiger partial charge >= 0.3 is 5.97 Å². The molecule has 2 atom stereocenters. The molecule has 0 aliphatic carbocycles. The zero-order valence-corrected chi connectivity index (χ0v) is 8.43. The van der Waals surface area contributed by atoms with Crippen LogP contribution in [0.15, 0.2) is 30.3 Å². The van der Waals surface area contributed by atoms with Gasteiger partial charge in [0.15, 0.2) is 0 Å². The molecule has 0 aromatic heterocycles. The maximum absolute atomic E-state index is 11.3. The average molecular weight is 201 g/mol. The standard InChI is InChI=1S/C12H11NO2/c1-12(10-5-3-2-4-6-10)7-9(8-13)11(14)15-12/h2-6,9H,7H2,1H3. The third-order valence-electron chi connectivity index (χ3n) is 2.74. The van der Waals surface area contributed by atoms with Crippen LogP contribution in [0.2, 0.25) is 0 Å². The van der Waals surface area contributed by atoms with Crippen LogP contribution in [0.3, 0.4) is 0 Å². The van der Waals surface area contributed by atoms with Crippen LogP contribution in [0.5, 0.6) is 0 Å². The molecule has 1 aliphatic rings. The molecule has 1 aliphatic heterocycles. The van der Waals surface area contributed by atoms with Crippen molar-refractivity contribution in [3.63, 3.8) is 0 Å². The number of rotatable bonds is 1. The van der Waals surface area contributed by atoms with Crippen molar-refractivity contribution in [1.82, 2.24) is 0 Å². The lowest BCUT2D eigenvalue weighted by Gasteiger charge is -2.22. The van der Waals surface area contributed by atoms with Crippen LogP contribution >= 0.6 is 0 Å². The molecule has 1 aromatic rings. The molecule has 1 aromatic carbocycles. The van der Waals surface area contributed by atoms with E-state index in [1.807, 2.05) is 43.3 Å². The molecule has 3 nitrogen and oxygen atoms in total. The highest BCUT2D eigenvalue weighted by Gasteiger charge is 2.44. The van der Waals surface area contributed by atoms with E-state index in [4.69, 9.17) is 10.00 Å². The van der Waals surface area contributed by atoms with E-state index in [9.17, 15) is 4.79 Å². The first-order valence-corrected chi connectivity index (χ1v) is 4.84. The normalized spacial score (nSPS) is 29.6. The predicted octanol–water partition coefficient (Wildman–Crippen LogP) is 1.99. The molecular formula is C12H11NO2. The van der Waals surface area contributed by atoms with Crippen molar-refractivity contribution in [2.75, 3.05) is 0 Å². The van der Waals surface area contributed by atoms with Gasteiger partial charge in [0, 0.05) is 6.42 Å². The third-order valence-corrected chi connectivity index (χ3v) is 2.74. The molecule has 15 heavy (non-hydrogen) atoms. The zero-order chi connectivity index (χ0) is 10.9. The molecule has 0 saturated carbocycles. The minimum Gasteiger partial charge on any atom is -0.453 e. The summed E-state index contributed by atoms with van der Waals surface area (Å²) < 4.78 is 5.28. The quantitative estimate of drug-likeness (QED) is 0.653. The lowest BCUT2D eigenvalue weighted by molar-refractivity contribution is -0.149. The maximum atomic E-state index is 11.3. The van der Waals surface area contributed by atoms with E-state index in [0.717, 1.165) is 5.56 Å². The van der Waals surface area contributed by atoms with Gasteiger partial charge in [-0.15, -0.1) is 0 Å². The number of hydrogen-bond acceptors (Lipinski definition) is 3. The molecule has 3 heteroatoms. The number of nitriles is 1. The highest BCUT2D eigenvalue weighted by molar-refractivity contribution is 5.78. The molecule has 0 spiro atoms. The predicted molar refractivity (Wildman–Crippen MR) is 53.6 cm³/mol. The molecule has 0 radical (unpaired) electrons. The van der Waals surface area contributed by atoms with Crippen LogP contribution in [0.25, 0.3) is 0 Å². The summed E-state index contributed by atoms with van der Waals surface area (Å²) in [5.41, 5.74) is 0.301. The van der Waals surface area contributed by atoms with Gasteiger partial charge in [-0.05, 0) is 12.5 Å². The molecule has 1 heterocycles. The second-order valence-corrected chi connectivity index (χ2v) is 3.90. The number of esters is 1. The van der Waals surface area contributed by atoms with Gasteiger partial charge in [-0.2, -0.15) is 5.26 Å². The van der Waals surface area contributed by atoms with Gasteiger partial charge in [-0.3, -0.25) is 4.79 Å². The second kappa shape index (κ2) is 3.39. The summed E-state index contributed by atoms with van der Waals surface area (Å²) in [4.78, 5) is 11.3. The van der Waals surface area contributed by atoms with Gasteiger partial charge in [-0.1, -0.05) is 30.3 Å². The van der Waals surface area contributed by atoms with Gasteiger partial charge in [0.25, 0.3) is 0 Å². The van der Waals surface area contributed by atoms with Crippen molar-refractivity contribution in [2.24, 2.45) is 5.92 Å². The van der Waals surface area contributed by atoms with Crippen LogP contribution in [-0.2, 0) is 15.1 Å². The summed E-state index contributed by atoms with van der Waals surface area (Å²) in [5, 5.41) is 8.76. The number of cyclic esters (lactones) is 1. The summed E-state index contributed by atoms with van der Waals surface area (Å²) in [6.45, 7) is 1.84. The Morgan fingerprint density at radius 1 is 1.47 bits per heavy atom. The minimum absolute atomic E-state index is 0.413. The first kappa shape index (κ1) is 9.72. The van der Waals surface area contributed by atoms with Crippen molar-refractivity contribution >= 4 is 5.97 Å². The molecule has 0 N–H and O–H groups in total. The van der Waals surface area contributed by atoms with Crippen LogP contribution in [0.4, 0.5) is 0 Å². The lowest BCUT2D eigenvalue weighted by atomic mass is 9.89. The molecule has 0 amide bonds. The molecule has 1 fully saturated rings. The fourth-order valence-electron chi connectivity index (χ4n) is 1.87. The van der Waals surface area contributed by atoms with E-state index >= 15 is 0 Å². The van der Waals surface area contributed by atoms with Crippen molar-refractivity contribution in [1.29, 1.82) is 5.26 Å². The van der Waals surface area contributed by atoms with E-state index in [-0.39, 0.29) is 0 Å². The first-order chi connectivity index (χ1) is 7.15. The Morgan fingerprint density at radius 3 is 2.67 bits per heavy atom. The Labute approximate surface area is 88.3 Å². The van der Waals surface area contributed by atoms with Crippen molar-refractivity contribution < 1.29 is 9.53 Å². The fraction of sp³-hybridized carbons (Fsp3) is 0.333. The molecule has 0 bridgehead atoms. The third kappa shape index (κ3) is 1.59. The number of ether oxygens (including phenoxy) is 1. The fourth-order valence-corrected chi connectivity index (χ4v) is 1.87. The molecule has 2 unspecified atom stereocenters. The highest BCUT2D eigenvalue weighted by Crippen LogP contribution is 2.38. The Bertz CT molecular complexity index is 421. The van der Waals surface area contributed by atoms with Gasteiger partial charge in [0.1, 0.15) is 11.5 Å². The topological polar surface area (TPSA) is 50.1 Å². The second-order valence-electron chi connectivity index (χ2n) is 3.90. The molecule has 1 saturated heterocycles. The molecular weight excluding hydrogens is 190 g/mol. The summed E-state index contributed by atoms with van der Waals surface area (Å²) in [5.74, 6) is -1.04. The van der Waals surface area contributed by atoms with E-state index < -0.39 is 17.5 Å². The largest absolute Gasteiger partial charge is 0.453 e. The van der Waals surface area contributed by atoms with E-state index in [1.54, 1.807) is 0 Å². The van der Waals surface area contributed by atoms with Crippen LogP contribution < -0.4 is 0 Å². The molecule has 76 valence electrons. The summed E-state index contributed by atoms with van der Waals surface area (Å²) >= 11 is 0. The van der Waals surface area contributed by atoms with Gasteiger partial charge < -0.3 is 4.74 Å². The van der Waals surface area contributed by atoms with Crippen molar-refractivity contribution in [3.8, 4) is 6.07 Å². The minimum atomic E-state index is -0.640. The number of carbonyl (C=O) groups excluding carboxylic acids is 1. The zero-order valence-electron chi connectivity index (χ0n) is 8.43. The Balaban J connectivity index is 2.32. The smallest absolute Gasteiger partial charge is 0.324 e. The Morgan fingerprint density at radius 2 is 2.13 bits per heavy atom. The Kier molecular flexibility index (Phi) is 2.20. The number of nitrogens with zero attached hydrogens (tertiary/aromatic N) is 1.